The van der Waals surface area contributed by atoms with Crippen LogP contribution in [-0.2, 0) is 0 Å². The van der Waals surface area contributed by atoms with Gasteiger partial charge >= 0.3 is 0 Å². The van der Waals surface area contributed by atoms with Crippen LogP contribution in [0.25, 0.3) is 0 Å². The third-order valence-electron chi connectivity index (χ3n) is 4.17. The van der Waals surface area contributed by atoms with Gasteiger partial charge in [-0.15, -0.1) is 0 Å². The van der Waals surface area contributed by atoms with E-state index in [1.807, 2.05) is 0 Å². The lowest BCUT2D eigenvalue weighted by atomic mass is 10.1. The number of aliphatic hydroxyl groups excluding tert-OH is 1. The maximum absolute atomic E-state index is 9.74. The molecule has 1 aliphatic carbocycles. The van der Waals surface area contributed by atoms with Gasteiger partial charge in [-0.25, -0.2) is 0 Å². The second-order valence-corrected chi connectivity index (χ2v) is 5.46. The maximum Gasteiger partial charge on any atom is 0.0693 e. The van der Waals surface area contributed by atoms with Crippen molar-refractivity contribution in [3.05, 3.63) is 0 Å². The Labute approximate surface area is 99.2 Å². The monoisotopic (exact) mass is 226 g/mol. The van der Waals surface area contributed by atoms with Crippen molar-refractivity contribution in [1.29, 1.82) is 0 Å². The highest BCUT2D eigenvalue weighted by molar-refractivity contribution is 4.84. The third kappa shape index (κ3) is 3.19. The van der Waals surface area contributed by atoms with Crippen LogP contribution in [0.1, 0.15) is 45.4 Å². The Balaban J connectivity index is 1.68. The van der Waals surface area contributed by atoms with Gasteiger partial charge in [-0.05, 0) is 52.1 Å². The summed E-state index contributed by atoms with van der Waals surface area (Å²) >= 11 is 0. The fraction of sp³-hybridized carbons (Fsp3) is 1.00. The van der Waals surface area contributed by atoms with Gasteiger partial charge in [0.1, 0.15) is 0 Å². The van der Waals surface area contributed by atoms with Gasteiger partial charge < -0.3 is 10.4 Å². The second kappa shape index (κ2) is 5.99. The summed E-state index contributed by atoms with van der Waals surface area (Å²) in [5, 5.41) is 13.3. The number of hydrogen-bond donors (Lipinski definition) is 2. The smallest absolute Gasteiger partial charge is 0.0693 e. The van der Waals surface area contributed by atoms with Crippen LogP contribution in [0.5, 0.6) is 0 Å². The number of piperidine rings is 1. The summed E-state index contributed by atoms with van der Waals surface area (Å²) in [6, 6.07) is 0.973. The van der Waals surface area contributed by atoms with Gasteiger partial charge in [0, 0.05) is 18.6 Å². The summed E-state index contributed by atoms with van der Waals surface area (Å²) in [6.45, 7) is 5.85. The quantitative estimate of drug-likeness (QED) is 0.760. The van der Waals surface area contributed by atoms with Crippen molar-refractivity contribution in [3.63, 3.8) is 0 Å². The molecule has 0 aromatic rings. The van der Waals surface area contributed by atoms with Crippen LogP contribution in [-0.4, -0.2) is 47.8 Å². The number of nitrogens with one attached hydrogen (secondary N) is 1. The Morgan fingerprint density at radius 3 is 2.56 bits per heavy atom. The second-order valence-electron chi connectivity index (χ2n) is 5.46. The molecule has 2 rings (SSSR count). The topological polar surface area (TPSA) is 35.5 Å². The highest BCUT2D eigenvalue weighted by Gasteiger charge is 2.25. The van der Waals surface area contributed by atoms with Gasteiger partial charge in [0.05, 0.1) is 6.10 Å². The van der Waals surface area contributed by atoms with Crippen LogP contribution in [0, 0.1) is 0 Å². The molecule has 2 aliphatic rings. The van der Waals surface area contributed by atoms with E-state index in [0.717, 1.165) is 19.4 Å². The molecule has 16 heavy (non-hydrogen) atoms. The van der Waals surface area contributed by atoms with Crippen molar-refractivity contribution in [2.24, 2.45) is 0 Å². The number of likely N-dealkylation sites (tertiary alicyclic amines) is 1. The highest BCUT2D eigenvalue weighted by atomic mass is 16.3. The maximum atomic E-state index is 9.74. The molecule has 3 nitrogen and oxygen atoms in total. The van der Waals surface area contributed by atoms with Crippen molar-refractivity contribution in [1.82, 2.24) is 10.2 Å². The van der Waals surface area contributed by atoms with Gasteiger partial charge in [0.2, 0.25) is 0 Å². The first kappa shape index (κ1) is 12.3. The van der Waals surface area contributed by atoms with Crippen molar-refractivity contribution in [2.45, 2.75) is 63.6 Å². The van der Waals surface area contributed by atoms with Crippen molar-refractivity contribution >= 4 is 0 Å². The molecule has 1 unspecified atom stereocenters. The van der Waals surface area contributed by atoms with Crippen molar-refractivity contribution in [3.8, 4) is 0 Å². The lowest BCUT2D eigenvalue weighted by Crippen LogP contribution is -2.47. The molecule has 0 bridgehead atoms. The van der Waals surface area contributed by atoms with Crippen LogP contribution in [0.3, 0.4) is 0 Å². The van der Waals surface area contributed by atoms with Gasteiger partial charge in [-0.2, -0.15) is 0 Å². The molecule has 0 aromatic carbocycles. The van der Waals surface area contributed by atoms with E-state index < -0.39 is 0 Å². The predicted octanol–water partition coefficient (Wildman–Crippen LogP) is 1.36. The van der Waals surface area contributed by atoms with E-state index in [0.29, 0.717) is 12.1 Å². The lowest BCUT2D eigenvalue weighted by Gasteiger charge is -2.33. The van der Waals surface area contributed by atoms with Crippen LogP contribution in [0.2, 0.25) is 0 Å². The number of aliphatic hydroxyl groups is 1. The van der Waals surface area contributed by atoms with Gasteiger partial charge in [-0.3, -0.25) is 4.90 Å². The fourth-order valence-electron chi connectivity index (χ4n) is 2.99. The number of hydrogen-bond acceptors (Lipinski definition) is 3. The zero-order valence-corrected chi connectivity index (χ0v) is 10.5. The molecule has 2 fully saturated rings. The molecular formula is C13H26N2O. The molecule has 1 aliphatic heterocycles. The van der Waals surface area contributed by atoms with E-state index in [2.05, 4.69) is 17.1 Å². The Kier molecular flexibility index (Phi) is 4.62. The molecule has 94 valence electrons. The van der Waals surface area contributed by atoms with E-state index in [-0.39, 0.29) is 6.10 Å². The Bertz CT molecular complexity index is 204. The van der Waals surface area contributed by atoms with Gasteiger partial charge in [-0.1, -0.05) is 6.42 Å². The first-order valence-electron chi connectivity index (χ1n) is 6.93. The largest absolute Gasteiger partial charge is 0.392 e. The Morgan fingerprint density at radius 1 is 1.19 bits per heavy atom. The molecule has 1 saturated heterocycles. The average Bonchev–Trinajstić information content (AvgIpc) is 2.73. The normalized spacial score (nSPS) is 34.1. The zero-order chi connectivity index (χ0) is 11.4. The SMILES string of the molecule is CC(CN[C@@H]1CCC[C@H]1O)N1CCCCC1. The standard InChI is InChI=1S/C13H26N2O/c1-11(15-8-3-2-4-9-15)10-14-12-6-5-7-13(12)16/h11-14,16H,2-10H2,1H3/t11?,12-,13-/m1/s1. The number of nitrogens with zero attached hydrogens (tertiary/aromatic N) is 1. The van der Waals surface area contributed by atoms with E-state index in [4.69, 9.17) is 0 Å². The third-order valence-corrected chi connectivity index (χ3v) is 4.17. The first-order valence-corrected chi connectivity index (χ1v) is 6.93. The van der Waals surface area contributed by atoms with Crippen LogP contribution in [0.15, 0.2) is 0 Å². The summed E-state index contributed by atoms with van der Waals surface area (Å²) in [7, 11) is 0. The van der Waals surface area contributed by atoms with Crippen molar-refractivity contribution in [2.75, 3.05) is 19.6 Å². The molecule has 3 heteroatoms. The van der Waals surface area contributed by atoms with Gasteiger partial charge in [0.25, 0.3) is 0 Å². The molecule has 0 spiro atoms. The molecule has 3 atom stereocenters. The molecule has 0 radical (unpaired) electrons. The van der Waals surface area contributed by atoms with E-state index >= 15 is 0 Å². The molecule has 0 amide bonds. The minimum absolute atomic E-state index is 0.103. The van der Waals surface area contributed by atoms with E-state index in [1.165, 1.54) is 38.8 Å². The fourth-order valence-corrected chi connectivity index (χ4v) is 2.99. The zero-order valence-electron chi connectivity index (χ0n) is 10.5. The molecular weight excluding hydrogens is 200 g/mol. The predicted molar refractivity (Wildman–Crippen MR) is 66.5 cm³/mol. The summed E-state index contributed by atoms with van der Waals surface area (Å²) in [5.41, 5.74) is 0. The van der Waals surface area contributed by atoms with E-state index in [9.17, 15) is 5.11 Å². The highest BCUT2D eigenvalue weighted by Crippen LogP contribution is 2.19. The Morgan fingerprint density at radius 2 is 1.94 bits per heavy atom. The Hall–Kier alpha value is -0.120. The van der Waals surface area contributed by atoms with Crippen LogP contribution < -0.4 is 5.32 Å². The molecule has 1 saturated carbocycles. The minimum atomic E-state index is -0.103. The van der Waals surface area contributed by atoms with Crippen LogP contribution in [0.4, 0.5) is 0 Å². The molecule has 0 aromatic heterocycles. The summed E-state index contributed by atoms with van der Waals surface area (Å²) < 4.78 is 0. The first-order chi connectivity index (χ1) is 7.77. The lowest BCUT2D eigenvalue weighted by molar-refractivity contribution is 0.132. The average molecular weight is 226 g/mol. The summed E-state index contributed by atoms with van der Waals surface area (Å²) in [4.78, 5) is 2.58. The summed E-state index contributed by atoms with van der Waals surface area (Å²) in [6.07, 6.45) is 7.32. The van der Waals surface area contributed by atoms with Crippen molar-refractivity contribution < 1.29 is 5.11 Å². The molecule has 2 N–H and O–H groups in total. The van der Waals surface area contributed by atoms with E-state index in [1.54, 1.807) is 0 Å². The van der Waals surface area contributed by atoms with Gasteiger partial charge in [0.15, 0.2) is 0 Å². The molecule has 1 heterocycles. The van der Waals surface area contributed by atoms with Crippen LogP contribution >= 0.6 is 0 Å². The minimum Gasteiger partial charge on any atom is -0.392 e. The summed E-state index contributed by atoms with van der Waals surface area (Å²) in [5.74, 6) is 0. The number of rotatable bonds is 4.